The first kappa shape index (κ1) is 10.0. The van der Waals surface area contributed by atoms with Crippen LogP contribution in [0, 0.1) is 5.92 Å². The Morgan fingerprint density at radius 2 is 1.82 bits per heavy atom. The number of fused-ring (bicyclic) bond motifs is 5. The van der Waals surface area contributed by atoms with Crippen molar-refractivity contribution in [2.75, 3.05) is 0 Å². The summed E-state index contributed by atoms with van der Waals surface area (Å²) in [5.41, 5.74) is 4.35. The van der Waals surface area contributed by atoms with Gasteiger partial charge in [0.1, 0.15) is 0 Å². The zero-order valence-electron chi connectivity index (χ0n) is 10.7. The highest BCUT2D eigenvalue weighted by atomic mass is 15.1. The van der Waals surface area contributed by atoms with Gasteiger partial charge in [-0.3, -0.25) is 0 Å². The summed E-state index contributed by atoms with van der Waals surface area (Å²) in [5.74, 6) is 2.38. The van der Waals surface area contributed by atoms with Crippen LogP contribution in [0.2, 0.25) is 0 Å². The molecule has 2 unspecified atom stereocenters. The first-order chi connectivity index (χ1) is 8.16. The van der Waals surface area contributed by atoms with Crippen molar-refractivity contribution in [2.24, 2.45) is 5.92 Å². The highest BCUT2D eigenvalue weighted by Crippen LogP contribution is 2.53. The SMILES string of the molecule is CC(C)(c1cc2c(nn1)C1CCC2C1)C1CC1. The third-order valence-corrected chi connectivity index (χ3v) is 5.37. The quantitative estimate of drug-likeness (QED) is 0.774. The maximum absolute atomic E-state index is 4.57. The molecule has 2 heteroatoms. The summed E-state index contributed by atoms with van der Waals surface area (Å²) in [6.07, 6.45) is 6.82. The van der Waals surface area contributed by atoms with E-state index in [1.165, 1.54) is 43.5 Å². The Labute approximate surface area is 103 Å². The average Bonchev–Trinajstić information content (AvgIpc) is 3.01. The monoisotopic (exact) mass is 228 g/mol. The second-order valence-electron chi connectivity index (χ2n) is 6.77. The topological polar surface area (TPSA) is 25.8 Å². The molecule has 0 radical (unpaired) electrons. The molecule has 0 aliphatic heterocycles. The second-order valence-corrected chi connectivity index (χ2v) is 6.77. The third-order valence-electron chi connectivity index (χ3n) is 5.37. The van der Waals surface area contributed by atoms with E-state index < -0.39 is 0 Å². The van der Waals surface area contributed by atoms with Crippen LogP contribution in [0.3, 0.4) is 0 Å². The Hall–Kier alpha value is -0.920. The summed E-state index contributed by atoms with van der Waals surface area (Å²) in [6.45, 7) is 4.68. The minimum atomic E-state index is 0.240. The number of hydrogen-bond donors (Lipinski definition) is 0. The van der Waals surface area contributed by atoms with Crippen LogP contribution >= 0.6 is 0 Å². The van der Waals surface area contributed by atoms with E-state index in [-0.39, 0.29) is 5.41 Å². The highest BCUT2D eigenvalue weighted by Gasteiger charge is 2.43. The van der Waals surface area contributed by atoms with Crippen LogP contribution in [0.4, 0.5) is 0 Å². The number of hydrogen-bond acceptors (Lipinski definition) is 2. The average molecular weight is 228 g/mol. The van der Waals surface area contributed by atoms with Gasteiger partial charge in [-0.25, -0.2) is 0 Å². The molecule has 2 saturated carbocycles. The normalized spacial score (nSPS) is 30.7. The van der Waals surface area contributed by atoms with Gasteiger partial charge in [0.15, 0.2) is 0 Å². The summed E-state index contributed by atoms with van der Waals surface area (Å²) in [5, 5.41) is 9.12. The van der Waals surface area contributed by atoms with E-state index in [4.69, 9.17) is 0 Å². The molecule has 2 nitrogen and oxygen atoms in total. The Kier molecular flexibility index (Phi) is 1.83. The smallest absolute Gasteiger partial charge is 0.0697 e. The fraction of sp³-hybridized carbons (Fsp3) is 0.733. The van der Waals surface area contributed by atoms with Gasteiger partial charge in [0.25, 0.3) is 0 Å². The maximum atomic E-state index is 4.57. The van der Waals surface area contributed by atoms with Gasteiger partial charge in [-0.1, -0.05) is 13.8 Å². The molecule has 1 aromatic heterocycles. The molecule has 90 valence electrons. The number of nitrogens with zero attached hydrogens (tertiary/aromatic N) is 2. The lowest BCUT2D eigenvalue weighted by atomic mass is 9.82. The van der Waals surface area contributed by atoms with Crippen LogP contribution in [0.25, 0.3) is 0 Å². The molecule has 0 N–H and O–H groups in total. The second kappa shape index (κ2) is 3.09. The predicted molar refractivity (Wildman–Crippen MR) is 67.1 cm³/mol. The lowest BCUT2D eigenvalue weighted by molar-refractivity contribution is 0.433. The predicted octanol–water partition coefficient (Wildman–Crippen LogP) is 3.53. The summed E-state index contributed by atoms with van der Waals surface area (Å²) < 4.78 is 0. The zero-order chi connectivity index (χ0) is 11.6. The van der Waals surface area contributed by atoms with E-state index in [1.807, 2.05) is 0 Å². The van der Waals surface area contributed by atoms with Crippen molar-refractivity contribution in [3.63, 3.8) is 0 Å². The van der Waals surface area contributed by atoms with Crippen molar-refractivity contribution in [2.45, 2.75) is 63.2 Å². The van der Waals surface area contributed by atoms with Crippen LogP contribution in [-0.4, -0.2) is 10.2 Å². The standard InChI is InChI=1S/C15H20N2/c1-15(2,11-5-6-11)13-8-12-9-3-4-10(7-9)14(12)17-16-13/h8-11H,3-7H2,1-2H3. The Morgan fingerprint density at radius 3 is 2.59 bits per heavy atom. The Morgan fingerprint density at radius 1 is 1.06 bits per heavy atom. The van der Waals surface area contributed by atoms with Gasteiger partial charge in [-0.2, -0.15) is 10.2 Å². The molecule has 0 saturated heterocycles. The fourth-order valence-corrected chi connectivity index (χ4v) is 3.90. The minimum Gasteiger partial charge on any atom is -0.155 e. The first-order valence-electron chi connectivity index (χ1n) is 7.04. The molecule has 4 rings (SSSR count). The van der Waals surface area contributed by atoms with Crippen molar-refractivity contribution in [1.29, 1.82) is 0 Å². The fourth-order valence-electron chi connectivity index (χ4n) is 3.90. The van der Waals surface area contributed by atoms with Crippen LogP contribution in [0.15, 0.2) is 6.07 Å². The number of aromatic nitrogens is 2. The lowest BCUT2D eigenvalue weighted by Crippen LogP contribution is -2.23. The Balaban J connectivity index is 1.77. The molecule has 3 aliphatic carbocycles. The molecule has 1 heterocycles. The van der Waals surface area contributed by atoms with Gasteiger partial charge in [-0.15, -0.1) is 0 Å². The molecule has 1 aromatic rings. The summed E-state index contributed by atoms with van der Waals surface area (Å²) in [7, 11) is 0. The first-order valence-corrected chi connectivity index (χ1v) is 7.04. The molecule has 17 heavy (non-hydrogen) atoms. The summed E-state index contributed by atoms with van der Waals surface area (Å²) in [6, 6.07) is 2.39. The molecule has 2 fully saturated rings. The van der Waals surface area contributed by atoms with Crippen molar-refractivity contribution in [3.8, 4) is 0 Å². The van der Waals surface area contributed by atoms with E-state index in [0.29, 0.717) is 0 Å². The molecule has 0 amide bonds. The molecule has 2 atom stereocenters. The third kappa shape index (κ3) is 1.33. The maximum Gasteiger partial charge on any atom is 0.0697 e. The van der Waals surface area contributed by atoms with Crippen molar-refractivity contribution in [1.82, 2.24) is 10.2 Å². The van der Waals surface area contributed by atoms with Crippen LogP contribution < -0.4 is 0 Å². The molecule has 0 aromatic carbocycles. The highest BCUT2D eigenvalue weighted by molar-refractivity contribution is 5.38. The van der Waals surface area contributed by atoms with Gasteiger partial charge >= 0.3 is 0 Å². The van der Waals surface area contributed by atoms with E-state index in [1.54, 1.807) is 5.56 Å². The zero-order valence-corrected chi connectivity index (χ0v) is 10.7. The molecule has 0 spiro atoms. The molecular weight excluding hydrogens is 208 g/mol. The molecule has 2 bridgehead atoms. The van der Waals surface area contributed by atoms with Crippen LogP contribution in [0.1, 0.15) is 74.7 Å². The largest absolute Gasteiger partial charge is 0.155 e. The van der Waals surface area contributed by atoms with Gasteiger partial charge in [0.05, 0.1) is 11.4 Å². The summed E-state index contributed by atoms with van der Waals surface area (Å²) in [4.78, 5) is 0. The number of rotatable bonds is 2. The Bertz CT molecular complexity index is 474. The van der Waals surface area contributed by atoms with Crippen LogP contribution in [-0.2, 0) is 5.41 Å². The van der Waals surface area contributed by atoms with Crippen molar-refractivity contribution < 1.29 is 0 Å². The lowest BCUT2D eigenvalue weighted by Gasteiger charge is -2.25. The van der Waals surface area contributed by atoms with Crippen LogP contribution in [0.5, 0.6) is 0 Å². The van der Waals surface area contributed by atoms with E-state index in [2.05, 4.69) is 30.1 Å². The minimum absolute atomic E-state index is 0.240. The molecular formula is C15H20N2. The van der Waals surface area contributed by atoms with Crippen molar-refractivity contribution >= 4 is 0 Å². The van der Waals surface area contributed by atoms with Gasteiger partial charge in [0.2, 0.25) is 0 Å². The summed E-state index contributed by atoms with van der Waals surface area (Å²) >= 11 is 0. The molecule has 3 aliphatic rings. The van der Waals surface area contributed by atoms with Crippen molar-refractivity contribution in [3.05, 3.63) is 23.0 Å². The van der Waals surface area contributed by atoms with Gasteiger partial charge in [-0.05, 0) is 55.6 Å². The van der Waals surface area contributed by atoms with E-state index in [9.17, 15) is 0 Å². The van der Waals surface area contributed by atoms with Gasteiger partial charge in [0, 0.05) is 11.3 Å². The van der Waals surface area contributed by atoms with E-state index >= 15 is 0 Å². The van der Waals surface area contributed by atoms with Gasteiger partial charge < -0.3 is 0 Å². The van der Waals surface area contributed by atoms with E-state index in [0.717, 1.165) is 17.8 Å².